The van der Waals surface area contributed by atoms with Crippen LogP contribution in [0, 0.1) is 17.8 Å². The number of hydrogen-bond acceptors (Lipinski definition) is 3. The van der Waals surface area contributed by atoms with Crippen LogP contribution in [-0.4, -0.2) is 48.1 Å². The van der Waals surface area contributed by atoms with E-state index in [9.17, 15) is 4.79 Å². The lowest BCUT2D eigenvalue weighted by Gasteiger charge is -2.39. The Labute approximate surface area is 242 Å². The van der Waals surface area contributed by atoms with Crippen LogP contribution in [0.15, 0.2) is 72.3 Å². The zero-order valence-corrected chi connectivity index (χ0v) is 24.8. The number of hydrogen-bond donors (Lipinski definition) is 0. The Morgan fingerprint density at radius 1 is 0.950 bits per heavy atom. The van der Waals surface area contributed by atoms with E-state index < -0.39 is 0 Å². The highest BCUT2D eigenvalue weighted by atomic mass is 16.6. The van der Waals surface area contributed by atoms with E-state index in [0.717, 1.165) is 43.3 Å². The first-order valence-corrected chi connectivity index (χ1v) is 16.0. The molecule has 2 aromatic carbocycles. The Kier molecular flexibility index (Phi) is 10.4. The number of carbonyl (C=O) groups excluding carboxylic acids is 1. The Bertz CT molecular complexity index is 1070. The largest absolute Gasteiger partial charge is 0.445 e. The van der Waals surface area contributed by atoms with Crippen LogP contribution in [0.2, 0.25) is 0 Å². The van der Waals surface area contributed by atoms with Gasteiger partial charge in [0.25, 0.3) is 0 Å². The van der Waals surface area contributed by atoms with Crippen molar-refractivity contribution in [1.29, 1.82) is 0 Å². The molecule has 216 valence electrons. The lowest BCUT2D eigenvalue weighted by atomic mass is 9.86. The minimum atomic E-state index is -0.172. The summed E-state index contributed by atoms with van der Waals surface area (Å²) in [4.78, 5) is 17.6. The van der Waals surface area contributed by atoms with Crippen LogP contribution in [0.25, 0.3) is 0 Å². The van der Waals surface area contributed by atoms with Crippen LogP contribution in [0.3, 0.4) is 0 Å². The van der Waals surface area contributed by atoms with Crippen molar-refractivity contribution < 1.29 is 9.53 Å². The first-order valence-electron chi connectivity index (χ1n) is 16.0. The molecule has 3 aliphatic rings. The summed E-state index contributed by atoms with van der Waals surface area (Å²) in [6.07, 6.45) is 14.0. The number of carbonyl (C=O) groups is 1. The topological polar surface area (TPSA) is 32.8 Å². The molecule has 4 heteroatoms. The molecule has 0 radical (unpaired) electrons. The molecule has 1 amide bonds. The van der Waals surface area contributed by atoms with Gasteiger partial charge in [0, 0.05) is 32.2 Å². The molecule has 2 aliphatic carbocycles. The third-order valence-electron chi connectivity index (χ3n) is 10.1. The molecule has 0 aromatic heterocycles. The van der Waals surface area contributed by atoms with E-state index >= 15 is 0 Å². The van der Waals surface area contributed by atoms with E-state index in [1.54, 1.807) is 5.57 Å². The smallest absolute Gasteiger partial charge is 0.410 e. The number of allylic oxidation sites excluding steroid dienone is 2. The van der Waals surface area contributed by atoms with Crippen molar-refractivity contribution in [2.45, 2.75) is 90.2 Å². The standard InChI is InChI=1S/C36H50N2O2/c1-3-30(23-28-13-11-12-14-28)32-24-33(35(25-32)31-17-9-6-10-18-31)26-37-21-19-34(20-22-37)38(4-2)36(39)40-27-29-15-7-5-8-16-29/h3,5-10,15-18,28,32-35H,4,11-14,19-27H2,1-2H3/b30-3-/t32?,33-,35-/m1/s1. The molecule has 1 heterocycles. The Morgan fingerprint density at radius 2 is 1.62 bits per heavy atom. The predicted molar refractivity (Wildman–Crippen MR) is 164 cm³/mol. The maximum absolute atomic E-state index is 12.9. The van der Waals surface area contributed by atoms with Crippen molar-refractivity contribution in [3.8, 4) is 0 Å². The summed E-state index contributed by atoms with van der Waals surface area (Å²) in [5, 5.41) is 0. The molecule has 1 saturated heterocycles. The van der Waals surface area contributed by atoms with Gasteiger partial charge in [0.05, 0.1) is 0 Å². The summed E-state index contributed by atoms with van der Waals surface area (Å²) in [5.74, 6) is 2.98. The predicted octanol–water partition coefficient (Wildman–Crippen LogP) is 8.45. The van der Waals surface area contributed by atoms with Crippen molar-refractivity contribution in [2.24, 2.45) is 17.8 Å². The molecule has 1 aliphatic heterocycles. The van der Waals surface area contributed by atoms with Gasteiger partial charge in [0.2, 0.25) is 0 Å². The van der Waals surface area contributed by atoms with Crippen LogP contribution in [0.5, 0.6) is 0 Å². The number of likely N-dealkylation sites (tertiary alicyclic amines) is 1. The van der Waals surface area contributed by atoms with Crippen molar-refractivity contribution in [3.63, 3.8) is 0 Å². The van der Waals surface area contributed by atoms with Gasteiger partial charge in [-0.2, -0.15) is 0 Å². The fourth-order valence-electron chi connectivity index (χ4n) is 7.89. The zero-order chi connectivity index (χ0) is 27.7. The van der Waals surface area contributed by atoms with Crippen LogP contribution in [-0.2, 0) is 11.3 Å². The highest BCUT2D eigenvalue weighted by molar-refractivity contribution is 5.68. The van der Waals surface area contributed by atoms with Gasteiger partial charge in [-0.3, -0.25) is 0 Å². The first kappa shape index (κ1) is 28.9. The minimum Gasteiger partial charge on any atom is -0.445 e. The van der Waals surface area contributed by atoms with E-state index in [1.165, 1.54) is 57.1 Å². The average molecular weight is 543 g/mol. The average Bonchev–Trinajstić information content (AvgIpc) is 3.67. The number of piperidine rings is 1. The second kappa shape index (κ2) is 14.3. The lowest BCUT2D eigenvalue weighted by molar-refractivity contribution is 0.0602. The maximum atomic E-state index is 12.9. The van der Waals surface area contributed by atoms with Crippen LogP contribution >= 0.6 is 0 Å². The van der Waals surface area contributed by atoms with Gasteiger partial charge < -0.3 is 14.5 Å². The summed E-state index contributed by atoms with van der Waals surface area (Å²) < 4.78 is 5.69. The summed E-state index contributed by atoms with van der Waals surface area (Å²) in [5.41, 5.74) is 4.30. The lowest BCUT2D eigenvalue weighted by Crippen LogP contribution is -2.48. The molecule has 2 saturated carbocycles. The third kappa shape index (κ3) is 7.37. The number of nitrogens with zero attached hydrogens (tertiary/aromatic N) is 2. The molecule has 0 spiro atoms. The van der Waals surface area contributed by atoms with Crippen LogP contribution in [0.4, 0.5) is 4.79 Å². The molecule has 0 N–H and O–H groups in total. The van der Waals surface area contributed by atoms with Gasteiger partial charge in [-0.15, -0.1) is 0 Å². The highest BCUT2D eigenvalue weighted by Crippen LogP contribution is 2.48. The van der Waals surface area contributed by atoms with Crippen LogP contribution < -0.4 is 0 Å². The molecule has 1 unspecified atom stereocenters. The molecule has 4 nitrogen and oxygen atoms in total. The van der Waals surface area contributed by atoms with Gasteiger partial charge in [-0.1, -0.05) is 98.0 Å². The first-order chi connectivity index (χ1) is 19.6. The van der Waals surface area contributed by atoms with Crippen molar-refractivity contribution in [1.82, 2.24) is 9.80 Å². The maximum Gasteiger partial charge on any atom is 0.410 e. The van der Waals surface area contributed by atoms with E-state index in [2.05, 4.69) is 55.2 Å². The number of benzene rings is 2. The molecular formula is C36H50N2O2. The molecule has 40 heavy (non-hydrogen) atoms. The fourth-order valence-corrected chi connectivity index (χ4v) is 7.89. The Balaban J connectivity index is 1.17. The summed E-state index contributed by atoms with van der Waals surface area (Å²) in [6, 6.07) is 21.6. The second-order valence-electron chi connectivity index (χ2n) is 12.5. The van der Waals surface area contributed by atoms with Crippen molar-refractivity contribution in [3.05, 3.63) is 83.4 Å². The van der Waals surface area contributed by atoms with Gasteiger partial charge >= 0.3 is 6.09 Å². The molecular weight excluding hydrogens is 492 g/mol. The molecule has 3 atom stereocenters. The number of rotatable bonds is 10. The summed E-state index contributed by atoms with van der Waals surface area (Å²) in [6.45, 7) is 8.70. The summed E-state index contributed by atoms with van der Waals surface area (Å²) in [7, 11) is 0. The third-order valence-corrected chi connectivity index (χ3v) is 10.1. The molecule has 2 aromatic rings. The van der Waals surface area contributed by atoms with Crippen LogP contribution in [0.1, 0.15) is 88.7 Å². The van der Waals surface area contributed by atoms with Gasteiger partial charge in [-0.05, 0) is 80.8 Å². The Hall–Kier alpha value is -2.59. The van der Waals surface area contributed by atoms with E-state index in [-0.39, 0.29) is 12.1 Å². The number of ether oxygens (including phenoxy) is 1. The van der Waals surface area contributed by atoms with Crippen molar-refractivity contribution >= 4 is 6.09 Å². The SMILES string of the molecule is C/C=C(/CC1CCCC1)C1C[C@H](CN2CCC(N(CC)C(=O)OCc3ccccc3)CC2)[C@@H](c2ccccc2)C1. The van der Waals surface area contributed by atoms with Gasteiger partial charge in [0.1, 0.15) is 6.61 Å². The zero-order valence-electron chi connectivity index (χ0n) is 24.8. The fraction of sp³-hybridized carbons (Fsp3) is 0.583. The van der Waals surface area contributed by atoms with E-state index in [0.29, 0.717) is 25.0 Å². The van der Waals surface area contributed by atoms with E-state index in [4.69, 9.17) is 4.74 Å². The minimum absolute atomic E-state index is 0.172. The Morgan fingerprint density at radius 3 is 2.27 bits per heavy atom. The second-order valence-corrected chi connectivity index (χ2v) is 12.5. The van der Waals surface area contributed by atoms with Gasteiger partial charge in [0.15, 0.2) is 0 Å². The van der Waals surface area contributed by atoms with Gasteiger partial charge in [-0.25, -0.2) is 4.79 Å². The monoisotopic (exact) mass is 542 g/mol. The highest BCUT2D eigenvalue weighted by Gasteiger charge is 2.39. The van der Waals surface area contributed by atoms with Crippen molar-refractivity contribution in [2.75, 3.05) is 26.2 Å². The quantitative estimate of drug-likeness (QED) is 0.282. The number of amides is 1. The molecule has 0 bridgehead atoms. The normalized spacial score (nSPS) is 24.9. The molecule has 3 fully saturated rings. The van der Waals surface area contributed by atoms with E-state index in [1.807, 2.05) is 35.2 Å². The summed E-state index contributed by atoms with van der Waals surface area (Å²) >= 11 is 0. The molecule has 5 rings (SSSR count).